The molecule has 1 aliphatic rings. The maximum absolute atomic E-state index is 11.2. The van der Waals surface area contributed by atoms with Gasteiger partial charge in [-0.3, -0.25) is 4.79 Å². The van der Waals surface area contributed by atoms with Crippen molar-refractivity contribution >= 4 is 17.9 Å². The molecule has 0 fully saturated rings. The second kappa shape index (κ2) is 4.61. The van der Waals surface area contributed by atoms with Crippen molar-refractivity contribution in [2.45, 2.75) is 0 Å². The topological polar surface area (TPSA) is 50.7 Å². The van der Waals surface area contributed by atoms with Gasteiger partial charge >= 0.3 is 0 Å². The van der Waals surface area contributed by atoms with Crippen LogP contribution in [0.25, 0.3) is 6.08 Å². The molecule has 1 aliphatic heterocycles. The number of benzene rings is 1. The van der Waals surface area contributed by atoms with Crippen LogP contribution in [0.2, 0.25) is 0 Å². The number of nitrogens with zero attached hydrogens (tertiary/aromatic N) is 1. The molecule has 1 amide bonds. The van der Waals surface area contributed by atoms with E-state index in [9.17, 15) is 4.79 Å². The first kappa shape index (κ1) is 10.4. The molecule has 1 heterocycles. The molecule has 0 aromatic heterocycles. The number of hydrogen-bond acceptors (Lipinski definition) is 3. The third-order valence-electron chi connectivity index (χ3n) is 2.17. The molecule has 1 aromatic carbocycles. The molecule has 16 heavy (non-hydrogen) atoms. The number of nitrogens with one attached hydrogen (secondary N) is 1. The van der Waals surface area contributed by atoms with Gasteiger partial charge in [-0.05, 0) is 11.6 Å². The Bertz CT molecular complexity index is 449. The highest BCUT2D eigenvalue weighted by Gasteiger charge is 2.16. The Morgan fingerprint density at radius 2 is 2.12 bits per heavy atom. The lowest BCUT2D eigenvalue weighted by molar-refractivity contribution is -0.119. The maximum atomic E-state index is 11.2. The van der Waals surface area contributed by atoms with E-state index in [0.29, 0.717) is 11.6 Å². The Labute approximate surface area is 93.6 Å². The van der Waals surface area contributed by atoms with Gasteiger partial charge < -0.3 is 10.1 Å². The number of aliphatic imine (C=N–C) groups is 1. The lowest BCUT2D eigenvalue weighted by Crippen LogP contribution is -2.34. The van der Waals surface area contributed by atoms with Crippen molar-refractivity contribution in [2.24, 2.45) is 4.99 Å². The van der Waals surface area contributed by atoms with E-state index in [1.807, 2.05) is 36.4 Å². The minimum absolute atomic E-state index is 0.120. The Morgan fingerprint density at radius 1 is 1.38 bits per heavy atom. The smallest absolute Gasteiger partial charge is 0.246 e. The molecule has 2 rings (SSSR count). The molecule has 0 saturated carbocycles. The molecular weight excluding hydrogens is 204 g/mol. The summed E-state index contributed by atoms with van der Waals surface area (Å²) >= 11 is 0. The van der Waals surface area contributed by atoms with Gasteiger partial charge in [0.25, 0.3) is 0 Å². The lowest BCUT2D eigenvalue weighted by atomic mass is 10.2. The summed E-state index contributed by atoms with van der Waals surface area (Å²) in [7, 11) is 1.54. The zero-order valence-corrected chi connectivity index (χ0v) is 8.93. The van der Waals surface area contributed by atoms with Crippen molar-refractivity contribution in [3.8, 4) is 0 Å². The summed E-state index contributed by atoms with van der Waals surface area (Å²) in [5.41, 5.74) is 1.59. The molecule has 82 valence electrons. The zero-order chi connectivity index (χ0) is 11.4. The standard InChI is InChI=1S/C12H12N2O2/c1-16-12-10(14-11(15)8-13-12)7-9-5-3-2-4-6-9/h2-7H,8H2,1H3,(H,14,15)/b10-7-. The van der Waals surface area contributed by atoms with Crippen molar-refractivity contribution in [1.29, 1.82) is 0 Å². The van der Waals surface area contributed by atoms with Crippen molar-refractivity contribution < 1.29 is 9.53 Å². The third-order valence-corrected chi connectivity index (χ3v) is 2.17. The van der Waals surface area contributed by atoms with Gasteiger partial charge in [0.05, 0.1) is 7.11 Å². The van der Waals surface area contributed by atoms with E-state index in [1.54, 1.807) is 0 Å². The van der Waals surface area contributed by atoms with Crippen molar-refractivity contribution in [2.75, 3.05) is 13.7 Å². The zero-order valence-electron chi connectivity index (χ0n) is 8.93. The second-order valence-corrected chi connectivity index (χ2v) is 3.34. The Morgan fingerprint density at radius 3 is 2.81 bits per heavy atom. The minimum Gasteiger partial charge on any atom is -0.480 e. The van der Waals surface area contributed by atoms with E-state index in [-0.39, 0.29) is 12.5 Å². The molecule has 1 N–H and O–H groups in total. The van der Waals surface area contributed by atoms with Crippen molar-refractivity contribution in [1.82, 2.24) is 5.32 Å². The molecule has 4 nitrogen and oxygen atoms in total. The van der Waals surface area contributed by atoms with Gasteiger partial charge in [-0.2, -0.15) is 0 Å². The third kappa shape index (κ3) is 2.28. The van der Waals surface area contributed by atoms with E-state index >= 15 is 0 Å². The summed E-state index contributed by atoms with van der Waals surface area (Å²) in [5, 5.41) is 2.73. The first-order valence-corrected chi connectivity index (χ1v) is 4.95. The Kier molecular flexibility index (Phi) is 3.00. The molecule has 0 atom stereocenters. The van der Waals surface area contributed by atoms with Gasteiger partial charge in [0.15, 0.2) is 0 Å². The normalized spacial score (nSPS) is 17.9. The Balaban J connectivity index is 2.31. The number of methoxy groups -OCH3 is 1. The van der Waals surface area contributed by atoms with Crippen LogP contribution in [0.15, 0.2) is 41.0 Å². The largest absolute Gasteiger partial charge is 0.480 e. The molecule has 0 saturated heterocycles. The van der Waals surface area contributed by atoms with Crippen LogP contribution in [-0.2, 0) is 9.53 Å². The predicted molar refractivity (Wildman–Crippen MR) is 61.9 cm³/mol. The maximum Gasteiger partial charge on any atom is 0.246 e. The van der Waals surface area contributed by atoms with Crippen LogP contribution in [0.5, 0.6) is 0 Å². The van der Waals surface area contributed by atoms with E-state index in [4.69, 9.17) is 4.74 Å². The average Bonchev–Trinajstić information content (AvgIpc) is 2.31. The van der Waals surface area contributed by atoms with Gasteiger partial charge in [0.2, 0.25) is 11.8 Å². The fraction of sp³-hybridized carbons (Fsp3) is 0.167. The van der Waals surface area contributed by atoms with Crippen LogP contribution in [0.4, 0.5) is 0 Å². The van der Waals surface area contributed by atoms with Crippen LogP contribution in [0, 0.1) is 0 Å². The highest BCUT2D eigenvalue weighted by molar-refractivity contribution is 6.04. The number of rotatable bonds is 1. The highest BCUT2D eigenvalue weighted by atomic mass is 16.5. The molecule has 0 bridgehead atoms. The fourth-order valence-electron chi connectivity index (χ4n) is 1.46. The first-order valence-electron chi connectivity index (χ1n) is 4.95. The molecule has 4 heteroatoms. The van der Waals surface area contributed by atoms with E-state index in [2.05, 4.69) is 10.3 Å². The van der Waals surface area contributed by atoms with Crippen LogP contribution >= 0.6 is 0 Å². The summed E-state index contributed by atoms with van der Waals surface area (Å²) in [4.78, 5) is 15.2. The molecule has 0 aliphatic carbocycles. The first-order chi connectivity index (χ1) is 7.79. The summed E-state index contributed by atoms with van der Waals surface area (Å²) in [6, 6.07) is 9.69. The SMILES string of the molecule is COC1=NCC(=O)N/C1=C\c1ccccc1. The molecule has 0 radical (unpaired) electrons. The fourth-order valence-corrected chi connectivity index (χ4v) is 1.46. The van der Waals surface area contributed by atoms with Crippen molar-refractivity contribution in [3.05, 3.63) is 41.6 Å². The van der Waals surface area contributed by atoms with E-state index < -0.39 is 0 Å². The molecular formula is C12H12N2O2. The highest BCUT2D eigenvalue weighted by Crippen LogP contribution is 2.09. The molecule has 1 aromatic rings. The van der Waals surface area contributed by atoms with Gasteiger partial charge in [0, 0.05) is 0 Å². The van der Waals surface area contributed by atoms with E-state index in [1.165, 1.54) is 7.11 Å². The van der Waals surface area contributed by atoms with Gasteiger partial charge in [-0.15, -0.1) is 0 Å². The Hall–Kier alpha value is -2.10. The van der Waals surface area contributed by atoms with Gasteiger partial charge in [-0.25, -0.2) is 4.99 Å². The number of ether oxygens (including phenoxy) is 1. The second-order valence-electron chi connectivity index (χ2n) is 3.34. The number of carbonyl (C=O) groups excluding carboxylic acids is 1. The predicted octanol–water partition coefficient (Wildman–Crippen LogP) is 1.20. The van der Waals surface area contributed by atoms with Crippen molar-refractivity contribution in [3.63, 3.8) is 0 Å². The summed E-state index contributed by atoms with van der Waals surface area (Å²) < 4.78 is 5.09. The number of hydrogen-bond donors (Lipinski definition) is 1. The lowest BCUT2D eigenvalue weighted by Gasteiger charge is -2.15. The van der Waals surface area contributed by atoms with E-state index in [0.717, 1.165) is 5.56 Å². The summed E-state index contributed by atoms with van der Waals surface area (Å²) in [5.74, 6) is 0.339. The monoisotopic (exact) mass is 216 g/mol. The quantitative estimate of drug-likeness (QED) is 0.767. The van der Waals surface area contributed by atoms with Crippen LogP contribution in [0.1, 0.15) is 5.56 Å². The van der Waals surface area contributed by atoms with Crippen LogP contribution < -0.4 is 5.32 Å². The summed E-state index contributed by atoms with van der Waals surface area (Å²) in [6.07, 6.45) is 1.83. The van der Waals surface area contributed by atoms with Gasteiger partial charge in [-0.1, -0.05) is 30.3 Å². The number of amides is 1. The minimum atomic E-state index is -0.122. The van der Waals surface area contributed by atoms with Crippen LogP contribution in [-0.4, -0.2) is 25.5 Å². The van der Waals surface area contributed by atoms with Gasteiger partial charge in [0.1, 0.15) is 12.2 Å². The summed E-state index contributed by atoms with van der Waals surface area (Å²) in [6.45, 7) is 0.120. The average molecular weight is 216 g/mol. The molecule has 0 spiro atoms. The van der Waals surface area contributed by atoms with Crippen LogP contribution in [0.3, 0.4) is 0 Å². The number of carbonyl (C=O) groups is 1. The molecule has 0 unspecified atom stereocenters.